The Morgan fingerprint density at radius 3 is 1.18 bits per heavy atom. The number of halogens is 6. The average Bonchev–Trinajstić information content (AvgIpc) is 2.75. The number of hydrogen-bond donors (Lipinski definition) is 2. The van der Waals surface area contributed by atoms with Crippen molar-refractivity contribution in [2.45, 2.75) is 0 Å². The van der Waals surface area contributed by atoms with Crippen LogP contribution in [0.2, 0.25) is 0 Å². The molecule has 0 saturated heterocycles. The highest BCUT2D eigenvalue weighted by Crippen LogP contribution is 2.49. The fourth-order valence-corrected chi connectivity index (χ4v) is 7.13. The van der Waals surface area contributed by atoms with Gasteiger partial charge >= 0.3 is 0 Å². The Bertz CT molecular complexity index is 1290. The zero-order valence-corrected chi connectivity index (χ0v) is 26.1. The zero-order valence-electron chi connectivity index (χ0n) is 16.6. The van der Waals surface area contributed by atoms with Gasteiger partial charge in [-0.2, -0.15) is 0 Å². The monoisotopic (exact) mass is 820 g/mol. The van der Waals surface area contributed by atoms with Gasteiger partial charge in [0.1, 0.15) is 0 Å². The molecule has 4 aromatic carbocycles. The van der Waals surface area contributed by atoms with E-state index in [-0.39, 0.29) is 0 Å². The summed E-state index contributed by atoms with van der Waals surface area (Å²) in [6.45, 7) is 0. The Balaban J connectivity index is 1.83. The smallest absolute Gasteiger partial charge is 0.156 e. The summed E-state index contributed by atoms with van der Waals surface area (Å²) in [7, 11) is 0. The highest BCUT2D eigenvalue weighted by atomic mass is 79.9. The molecule has 0 saturated carbocycles. The van der Waals surface area contributed by atoms with Gasteiger partial charge in [-0.25, -0.2) is 0 Å². The molecular weight excluding hydrogens is 812 g/mol. The molecule has 3 nitrogen and oxygen atoms in total. The summed E-state index contributed by atoms with van der Waals surface area (Å²) in [5.74, 6) is 1.29. The second-order valence-corrected chi connectivity index (χ2v) is 12.1. The molecule has 0 spiro atoms. The quantitative estimate of drug-likeness (QED) is 0.202. The van der Waals surface area contributed by atoms with Crippen LogP contribution in [-0.2, 0) is 0 Å². The van der Waals surface area contributed by atoms with Crippen molar-refractivity contribution < 1.29 is 4.74 Å². The van der Waals surface area contributed by atoms with Crippen LogP contribution >= 0.6 is 95.6 Å². The maximum atomic E-state index is 6.49. The van der Waals surface area contributed by atoms with Gasteiger partial charge < -0.3 is 16.2 Å². The molecular formula is C24H14Br6N2O. The molecule has 0 unspecified atom stereocenters. The third-order valence-corrected chi connectivity index (χ3v) is 9.00. The predicted molar refractivity (Wildman–Crippen MR) is 159 cm³/mol. The number of benzene rings is 4. The zero-order chi connectivity index (χ0) is 23.9. The molecule has 0 heterocycles. The van der Waals surface area contributed by atoms with Gasteiger partial charge in [-0.15, -0.1) is 0 Å². The Morgan fingerprint density at radius 2 is 0.818 bits per heavy atom. The summed E-state index contributed by atoms with van der Waals surface area (Å²) in [5.41, 5.74) is 17.1. The van der Waals surface area contributed by atoms with Crippen molar-refractivity contribution in [2.75, 3.05) is 11.5 Å². The third-order valence-electron chi connectivity index (χ3n) is 4.87. The molecule has 9 heteroatoms. The van der Waals surface area contributed by atoms with Gasteiger partial charge in [0.25, 0.3) is 0 Å². The first-order chi connectivity index (χ1) is 15.7. The van der Waals surface area contributed by atoms with E-state index >= 15 is 0 Å². The lowest BCUT2D eigenvalue weighted by Gasteiger charge is -2.18. The Labute approximate surface area is 242 Å². The maximum Gasteiger partial charge on any atom is 0.156 e. The van der Waals surface area contributed by atoms with Crippen molar-refractivity contribution in [3.63, 3.8) is 0 Å². The topological polar surface area (TPSA) is 61.3 Å². The molecule has 0 radical (unpaired) electrons. The first kappa shape index (κ1) is 25.3. The summed E-state index contributed by atoms with van der Waals surface area (Å²) in [6.07, 6.45) is 0. The van der Waals surface area contributed by atoms with E-state index in [0.717, 1.165) is 49.1 Å². The van der Waals surface area contributed by atoms with Crippen molar-refractivity contribution >= 4 is 107 Å². The van der Waals surface area contributed by atoms with Crippen LogP contribution in [0.4, 0.5) is 11.4 Å². The molecule has 0 aliphatic heterocycles. The molecule has 0 amide bonds. The van der Waals surface area contributed by atoms with Crippen molar-refractivity contribution in [3.8, 4) is 33.8 Å². The molecule has 0 aromatic heterocycles. The van der Waals surface area contributed by atoms with E-state index < -0.39 is 0 Å². The van der Waals surface area contributed by atoms with Crippen LogP contribution < -0.4 is 16.2 Å². The number of anilines is 2. The highest BCUT2D eigenvalue weighted by Gasteiger charge is 2.20. The first-order valence-corrected chi connectivity index (χ1v) is 14.2. The van der Waals surface area contributed by atoms with Gasteiger partial charge in [0.05, 0.1) is 17.9 Å². The first-order valence-electron chi connectivity index (χ1n) is 9.42. The Kier molecular flexibility index (Phi) is 7.97. The van der Waals surface area contributed by atoms with Crippen molar-refractivity contribution in [1.29, 1.82) is 0 Å². The molecule has 0 aliphatic carbocycles. The van der Waals surface area contributed by atoms with E-state index in [9.17, 15) is 0 Å². The molecule has 0 aliphatic rings. The number of ether oxygens (including phenoxy) is 1. The lowest BCUT2D eigenvalue weighted by atomic mass is 10.0. The van der Waals surface area contributed by atoms with Crippen LogP contribution in [0.1, 0.15) is 0 Å². The highest BCUT2D eigenvalue weighted by molar-refractivity contribution is 9.11. The molecule has 0 bridgehead atoms. The normalized spacial score (nSPS) is 11.0. The van der Waals surface area contributed by atoms with E-state index in [0.29, 0.717) is 22.9 Å². The maximum absolute atomic E-state index is 6.49. The van der Waals surface area contributed by atoms with Crippen LogP contribution in [0, 0.1) is 0 Å². The van der Waals surface area contributed by atoms with Crippen molar-refractivity contribution in [3.05, 3.63) is 87.5 Å². The number of hydrogen-bond acceptors (Lipinski definition) is 3. The van der Waals surface area contributed by atoms with E-state index in [1.807, 2.05) is 60.7 Å². The lowest BCUT2D eigenvalue weighted by Crippen LogP contribution is -1.94. The second-order valence-electron chi connectivity index (χ2n) is 7.06. The van der Waals surface area contributed by atoms with Crippen LogP contribution in [0.3, 0.4) is 0 Å². The summed E-state index contributed by atoms with van der Waals surface area (Å²) in [5, 5.41) is 0. The fourth-order valence-electron chi connectivity index (χ4n) is 3.27. The number of rotatable bonds is 4. The molecule has 0 fully saturated rings. The molecule has 4 N–H and O–H groups in total. The molecule has 33 heavy (non-hydrogen) atoms. The number of nitrogen functional groups attached to an aromatic ring is 2. The minimum absolute atomic E-state index is 0.645. The number of nitrogens with two attached hydrogens (primary N) is 2. The molecule has 0 atom stereocenters. The molecule has 4 aromatic rings. The van der Waals surface area contributed by atoms with E-state index in [4.69, 9.17) is 16.2 Å². The van der Waals surface area contributed by atoms with Crippen LogP contribution in [0.25, 0.3) is 22.3 Å². The standard InChI is InChI=1S/C24H14Br6N2O/c25-17-7-5-15(13-3-1-11(31)9-19(13)27)21(29)23(17)33-24-18(26)8-6-16(22(24)30)14-4-2-12(32)10-20(14)28/h1-10H,31-32H2. The van der Waals surface area contributed by atoms with Gasteiger partial charge in [0.2, 0.25) is 0 Å². The van der Waals surface area contributed by atoms with E-state index in [2.05, 4.69) is 95.6 Å². The summed E-state index contributed by atoms with van der Waals surface area (Å²) < 4.78 is 11.5. The SMILES string of the molecule is Nc1ccc(-c2ccc(Br)c(Oc3c(Br)ccc(-c4ccc(N)cc4Br)c3Br)c2Br)c(Br)c1. The van der Waals surface area contributed by atoms with Gasteiger partial charge in [-0.3, -0.25) is 0 Å². The van der Waals surface area contributed by atoms with Crippen LogP contribution in [0.5, 0.6) is 11.5 Å². The minimum Gasteiger partial charge on any atom is -0.453 e. The predicted octanol–water partition coefficient (Wildman–Crippen LogP) is 10.6. The van der Waals surface area contributed by atoms with Crippen molar-refractivity contribution in [1.82, 2.24) is 0 Å². The largest absolute Gasteiger partial charge is 0.453 e. The summed E-state index contributed by atoms with van der Waals surface area (Å²) in [6, 6.07) is 19.4. The lowest BCUT2D eigenvalue weighted by molar-refractivity contribution is 0.471. The molecule has 4 rings (SSSR count). The van der Waals surface area contributed by atoms with Gasteiger partial charge in [0, 0.05) is 31.4 Å². The van der Waals surface area contributed by atoms with E-state index in [1.165, 1.54) is 0 Å². The van der Waals surface area contributed by atoms with Gasteiger partial charge in [0.15, 0.2) is 11.5 Å². The van der Waals surface area contributed by atoms with Crippen LogP contribution in [-0.4, -0.2) is 0 Å². The Hall–Kier alpha value is -0.840. The molecule has 168 valence electrons. The third kappa shape index (κ3) is 5.23. The van der Waals surface area contributed by atoms with Gasteiger partial charge in [-0.1, -0.05) is 56.1 Å². The van der Waals surface area contributed by atoms with Gasteiger partial charge in [-0.05, 0) is 111 Å². The Morgan fingerprint density at radius 1 is 0.455 bits per heavy atom. The average molecular weight is 826 g/mol. The summed E-state index contributed by atoms with van der Waals surface area (Å²) >= 11 is 22.0. The fraction of sp³-hybridized carbons (Fsp3) is 0. The minimum atomic E-state index is 0.645. The second kappa shape index (κ2) is 10.4. The summed E-state index contributed by atoms with van der Waals surface area (Å²) in [4.78, 5) is 0. The van der Waals surface area contributed by atoms with Crippen LogP contribution in [0.15, 0.2) is 87.5 Å². The van der Waals surface area contributed by atoms with Crippen molar-refractivity contribution in [2.24, 2.45) is 0 Å². The van der Waals surface area contributed by atoms with E-state index in [1.54, 1.807) is 0 Å².